The summed E-state index contributed by atoms with van der Waals surface area (Å²) in [6, 6.07) is 0. The van der Waals surface area contributed by atoms with Gasteiger partial charge in [0.15, 0.2) is 11.6 Å². The molecule has 0 unspecified atom stereocenters. The van der Waals surface area contributed by atoms with Gasteiger partial charge in [0.1, 0.15) is 0 Å². The highest BCUT2D eigenvalue weighted by Gasteiger charge is 2.22. The molecule has 0 amide bonds. The summed E-state index contributed by atoms with van der Waals surface area (Å²) in [4.78, 5) is 24.3. The highest BCUT2D eigenvalue weighted by atomic mass is 16.1. The second-order valence-electron chi connectivity index (χ2n) is 10.2. The number of rotatable bonds is 14. The van der Waals surface area contributed by atoms with Gasteiger partial charge in [0, 0.05) is 16.7 Å². The Hall–Kier alpha value is -1.44. The van der Waals surface area contributed by atoms with Crippen LogP contribution in [0.3, 0.4) is 0 Å². The molecule has 1 aliphatic carbocycles. The molecular weight excluding hydrogens is 368 g/mol. The summed E-state index contributed by atoms with van der Waals surface area (Å²) in [6.07, 6.45) is 15.9. The van der Waals surface area contributed by atoms with Crippen LogP contribution in [0.4, 0.5) is 0 Å². The summed E-state index contributed by atoms with van der Waals surface area (Å²) >= 11 is 0. The normalized spacial score (nSPS) is 17.6. The number of Topliss-reactive ketones (excluding diaryl/α,β-unsaturated/α-hetero) is 1. The molecule has 1 aliphatic rings. The number of ketones is 2. The van der Waals surface area contributed by atoms with Crippen molar-refractivity contribution < 1.29 is 9.59 Å². The zero-order valence-electron chi connectivity index (χ0n) is 20.8. The third-order valence-electron chi connectivity index (χ3n) is 6.60. The molecule has 0 aromatic carbocycles. The number of carbonyl (C=O) groups is 2. The van der Waals surface area contributed by atoms with Crippen molar-refractivity contribution >= 4 is 11.6 Å². The number of carbonyl (C=O) groups excluding carboxylic acids is 2. The lowest BCUT2D eigenvalue weighted by atomic mass is 9.88. The lowest BCUT2D eigenvalue weighted by molar-refractivity contribution is -0.115. The molecule has 2 heteroatoms. The van der Waals surface area contributed by atoms with Gasteiger partial charge in [0.05, 0.1) is 0 Å². The van der Waals surface area contributed by atoms with Crippen LogP contribution in [0, 0.1) is 17.8 Å². The van der Waals surface area contributed by atoms with E-state index in [9.17, 15) is 9.59 Å². The largest absolute Gasteiger partial charge is 0.290 e. The van der Waals surface area contributed by atoms with Crippen molar-refractivity contribution in [3.63, 3.8) is 0 Å². The molecule has 0 aromatic rings. The lowest BCUT2D eigenvalue weighted by Crippen LogP contribution is -2.16. The molecule has 0 fully saturated rings. The SMILES string of the molecule is CC1=CC(=O)C(C)=C(C/C=C(\C)CCC[C@H](C)CCC[C@H](C)CCCC(C)C)C1=O. The van der Waals surface area contributed by atoms with E-state index < -0.39 is 0 Å². The van der Waals surface area contributed by atoms with Gasteiger partial charge < -0.3 is 0 Å². The maximum Gasteiger partial charge on any atom is 0.185 e. The monoisotopic (exact) mass is 414 g/mol. The molecule has 0 N–H and O–H groups in total. The first kappa shape index (κ1) is 26.6. The number of hydrogen-bond donors (Lipinski definition) is 0. The second-order valence-corrected chi connectivity index (χ2v) is 10.2. The first-order valence-electron chi connectivity index (χ1n) is 12.2. The fourth-order valence-electron chi connectivity index (χ4n) is 4.26. The minimum atomic E-state index is -0.0174. The van der Waals surface area contributed by atoms with E-state index in [-0.39, 0.29) is 11.6 Å². The van der Waals surface area contributed by atoms with Gasteiger partial charge in [-0.05, 0) is 63.9 Å². The van der Waals surface area contributed by atoms with Crippen molar-refractivity contribution in [1.29, 1.82) is 0 Å². The molecule has 0 aromatic heterocycles. The summed E-state index contributed by atoms with van der Waals surface area (Å²) in [5.74, 6) is 2.50. The van der Waals surface area contributed by atoms with Crippen LogP contribution in [0.1, 0.15) is 113 Å². The molecule has 0 aliphatic heterocycles. The van der Waals surface area contributed by atoms with Gasteiger partial charge in [-0.2, -0.15) is 0 Å². The first-order valence-corrected chi connectivity index (χ1v) is 12.2. The van der Waals surface area contributed by atoms with Gasteiger partial charge in [-0.25, -0.2) is 0 Å². The van der Waals surface area contributed by atoms with Crippen LogP contribution in [-0.2, 0) is 9.59 Å². The van der Waals surface area contributed by atoms with Crippen molar-refractivity contribution in [3.8, 4) is 0 Å². The molecular formula is C28H46O2. The van der Waals surface area contributed by atoms with Crippen LogP contribution >= 0.6 is 0 Å². The van der Waals surface area contributed by atoms with E-state index in [2.05, 4.69) is 40.7 Å². The standard InChI is InChI=1S/C28H46O2/c1-20(2)11-8-12-21(3)13-9-14-22(4)15-10-16-23(5)17-18-26-25(7)27(29)19-24(6)28(26)30/h17,19-22H,8-16,18H2,1-7H3/b23-17+/t21-,22-/m1/s1. The van der Waals surface area contributed by atoms with Gasteiger partial charge in [-0.1, -0.05) is 84.3 Å². The molecule has 2 nitrogen and oxygen atoms in total. The van der Waals surface area contributed by atoms with Crippen molar-refractivity contribution in [2.75, 3.05) is 0 Å². The Bertz CT molecular complexity index is 660. The maximum absolute atomic E-state index is 12.3. The summed E-state index contributed by atoms with van der Waals surface area (Å²) < 4.78 is 0. The Morgan fingerprint density at radius 3 is 1.97 bits per heavy atom. The molecule has 0 heterocycles. The molecule has 0 radical (unpaired) electrons. The van der Waals surface area contributed by atoms with E-state index in [0.717, 1.165) is 24.2 Å². The molecule has 30 heavy (non-hydrogen) atoms. The van der Waals surface area contributed by atoms with E-state index in [4.69, 9.17) is 0 Å². The molecule has 0 bridgehead atoms. The van der Waals surface area contributed by atoms with Gasteiger partial charge >= 0.3 is 0 Å². The van der Waals surface area contributed by atoms with E-state index in [1.54, 1.807) is 13.8 Å². The predicted molar refractivity (Wildman–Crippen MR) is 130 cm³/mol. The highest BCUT2D eigenvalue weighted by molar-refractivity contribution is 6.22. The van der Waals surface area contributed by atoms with Crippen LogP contribution in [-0.4, -0.2) is 11.6 Å². The molecule has 170 valence electrons. The van der Waals surface area contributed by atoms with Gasteiger partial charge in [0.25, 0.3) is 0 Å². The summed E-state index contributed by atoms with van der Waals surface area (Å²) in [6.45, 7) is 15.1. The van der Waals surface area contributed by atoms with Crippen LogP contribution in [0.15, 0.2) is 34.4 Å². The lowest BCUT2D eigenvalue weighted by Gasteiger charge is -2.15. The fourth-order valence-corrected chi connectivity index (χ4v) is 4.26. The van der Waals surface area contributed by atoms with E-state index in [1.165, 1.54) is 63.0 Å². The van der Waals surface area contributed by atoms with Crippen molar-refractivity contribution in [1.82, 2.24) is 0 Å². The van der Waals surface area contributed by atoms with Crippen molar-refractivity contribution in [2.24, 2.45) is 17.8 Å². The van der Waals surface area contributed by atoms with Crippen LogP contribution < -0.4 is 0 Å². The van der Waals surface area contributed by atoms with Crippen LogP contribution in [0.5, 0.6) is 0 Å². The molecule has 0 saturated carbocycles. The van der Waals surface area contributed by atoms with Gasteiger partial charge in [-0.15, -0.1) is 0 Å². The molecule has 0 saturated heterocycles. The third kappa shape index (κ3) is 10.0. The first-order chi connectivity index (χ1) is 14.1. The highest BCUT2D eigenvalue weighted by Crippen LogP contribution is 2.24. The second kappa shape index (κ2) is 13.8. The van der Waals surface area contributed by atoms with Crippen molar-refractivity contribution in [3.05, 3.63) is 34.4 Å². The molecule has 0 spiro atoms. The Kier molecular flexibility index (Phi) is 12.2. The van der Waals surface area contributed by atoms with E-state index in [1.807, 2.05) is 0 Å². The minimum absolute atomic E-state index is 0.0174. The Morgan fingerprint density at radius 2 is 1.40 bits per heavy atom. The fraction of sp³-hybridized carbons (Fsp3) is 0.714. The van der Waals surface area contributed by atoms with Crippen LogP contribution in [0.2, 0.25) is 0 Å². The Labute approximate surface area is 186 Å². The Morgan fingerprint density at radius 1 is 0.867 bits per heavy atom. The summed E-state index contributed by atoms with van der Waals surface area (Å²) in [5, 5.41) is 0. The van der Waals surface area contributed by atoms with Gasteiger partial charge in [-0.3, -0.25) is 9.59 Å². The molecule has 1 rings (SSSR count). The van der Waals surface area contributed by atoms with Crippen molar-refractivity contribution in [2.45, 2.75) is 113 Å². The van der Waals surface area contributed by atoms with E-state index >= 15 is 0 Å². The third-order valence-corrected chi connectivity index (χ3v) is 6.60. The predicted octanol–water partition coefficient (Wildman–Crippen LogP) is 8.18. The average Bonchev–Trinajstić information content (AvgIpc) is 2.66. The maximum atomic E-state index is 12.3. The van der Waals surface area contributed by atoms with Gasteiger partial charge in [0.2, 0.25) is 0 Å². The number of hydrogen-bond acceptors (Lipinski definition) is 2. The molecule has 2 atom stereocenters. The number of allylic oxidation sites excluding steroid dienone is 6. The Balaban J connectivity index is 2.25. The summed E-state index contributed by atoms with van der Waals surface area (Å²) in [7, 11) is 0. The summed E-state index contributed by atoms with van der Waals surface area (Å²) in [5.41, 5.74) is 3.18. The zero-order chi connectivity index (χ0) is 22.7. The topological polar surface area (TPSA) is 34.1 Å². The van der Waals surface area contributed by atoms with Crippen LogP contribution in [0.25, 0.3) is 0 Å². The quantitative estimate of drug-likeness (QED) is 0.212. The smallest absolute Gasteiger partial charge is 0.185 e. The zero-order valence-corrected chi connectivity index (χ0v) is 20.8. The minimum Gasteiger partial charge on any atom is -0.290 e. The van der Waals surface area contributed by atoms with E-state index in [0.29, 0.717) is 23.1 Å². The average molecular weight is 415 g/mol.